The molecule has 0 bridgehead atoms. The van der Waals surface area contributed by atoms with Crippen molar-refractivity contribution in [2.45, 2.75) is 0 Å². The zero-order valence-electron chi connectivity index (χ0n) is 11.4. The van der Waals surface area contributed by atoms with Crippen LogP contribution >= 0.6 is 11.6 Å². The average Bonchev–Trinajstić information content (AvgIpc) is 2.94. The second-order valence-corrected chi connectivity index (χ2v) is 4.54. The number of nitro groups is 1. The van der Waals surface area contributed by atoms with Crippen LogP contribution in [0.4, 0.5) is 11.6 Å². The van der Waals surface area contributed by atoms with Crippen molar-refractivity contribution in [2.75, 3.05) is 12.4 Å². The minimum absolute atomic E-state index is 0.194. The number of hydrogen-bond acceptors (Lipinski definition) is 5. The van der Waals surface area contributed by atoms with Crippen molar-refractivity contribution in [2.24, 2.45) is 0 Å². The molecule has 0 atom stereocenters. The van der Waals surface area contributed by atoms with Gasteiger partial charge in [-0.15, -0.1) is 0 Å². The third-order valence-corrected chi connectivity index (χ3v) is 2.85. The highest BCUT2D eigenvalue weighted by atomic mass is 35.5. The number of amides is 1. The summed E-state index contributed by atoms with van der Waals surface area (Å²) in [7, 11) is 1.47. The second-order valence-electron chi connectivity index (χ2n) is 4.10. The Balaban J connectivity index is 2.07. The normalized spacial score (nSPS) is 10.6. The van der Waals surface area contributed by atoms with E-state index in [0.29, 0.717) is 16.5 Å². The number of halogens is 1. The number of hydrogen-bond donors (Lipinski definition) is 1. The monoisotopic (exact) mass is 322 g/mol. The highest BCUT2D eigenvalue weighted by molar-refractivity contribution is 6.31. The predicted octanol–water partition coefficient (Wildman–Crippen LogP) is 3.50. The standard InChI is InChI=1S/C14H11ClN2O5/c1-21-12-5-2-9(15)8-11(12)16-13(18)6-3-10-4-7-14(22-10)17(19)20/h2-8H,1H3,(H,16,18). The first kappa shape index (κ1) is 15.6. The predicted molar refractivity (Wildman–Crippen MR) is 81.0 cm³/mol. The molecule has 1 aromatic heterocycles. The van der Waals surface area contributed by atoms with Crippen LogP contribution in [0.3, 0.4) is 0 Å². The van der Waals surface area contributed by atoms with Crippen LogP contribution in [0.25, 0.3) is 6.08 Å². The van der Waals surface area contributed by atoms with E-state index in [0.717, 1.165) is 0 Å². The summed E-state index contributed by atoms with van der Waals surface area (Å²) in [6.45, 7) is 0. The Morgan fingerprint density at radius 2 is 2.18 bits per heavy atom. The number of benzene rings is 1. The molecule has 8 heteroatoms. The lowest BCUT2D eigenvalue weighted by molar-refractivity contribution is -0.402. The molecule has 1 heterocycles. The highest BCUT2D eigenvalue weighted by Crippen LogP contribution is 2.27. The van der Waals surface area contributed by atoms with E-state index in [2.05, 4.69) is 5.32 Å². The number of ether oxygens (including phenoxy) is 1. The van der Waals surface area contributed by atoms with Gasteiger partial charge in [-0.1, -0.05) is 11.6 Å². The lowest BCUT2D eigenvalue weighted by Crippen LogP contribution is -2.08. The molecule has 7 nitrogen and oxygen atoms in total. The molecule has 0 saturated heterocycles. The molecule has 0 spiro atoms. The van der Waals surface area contributed by atoms with Crippen LogP contribution in [0.2, 0.25) is 5.02 Å². The molecule has 0 aliphatic heterocycles. The fourth-order valence-corrected chi connectivity index (χ4v) is 1.81. The molecule has 22 heavy (non-hydrogen) atoms. The fourth-order valence-electron chi connectivity index (χ4n) is 1.64. The topological polar surface area (TPSA) is 94.6 Å². The van der Waals surface area contributed by atoms with Crippen LogP contribution < -0.4 is 10.1 Å². The Bertz CT molecular complexity index is 739. The van der Waals surface area contributed by atoms with E-state index in [1.54, 1.807) is 18.2 Å². The molecular formula is C14H11ClN2O5. The number of carbonyl (C=O) groups excluding carboxylic acids is 1. The minimum atomic E-state index is -0.658. The van der Waals surface area contributed by atoms with E-state index in [1.165, 1.54) is 31.4 Å². The van der Waals surface area contributed by atoms with Gasteiger partial charge in [0.15, 0.2) is 0 Å². The molecule has 2 rings (SSSR count). The van der Waals surface area contributed by atoms with Gasteiger partial charge >= 0.3 is 5.88 Å². The van der Waals surface area contributed by atoms with Crippen LogP contribution in [0.5, 0.6) is 5.75 Å². The molecule has 0 radical (unpaired) electrons. The van der Waals surface area contributed by atoms with Gasteiger partial charge in [0.25, 0.3) is 0 Å². The van der Waals surface area contributed by atoms with Crippen molar-refractivity contribution < 1.29 is 18.9 Å². The van der Waals surface area contributed by atoms with Crippen LogP contribution in [0, 0.1) is 10.1 Å². The van der Waals surface area contributed by atoms with Gasteiger partial charge in [0, 0.05) is 11.1 Å². The number of nitrogens with zero attached hydrogens (tertiary/aromatic N) is 1. The summed E-state index contributed by atoms with van der Waals surface area (Å²) in [5.41, 5.74) is 0.412. The van der Waals surface area contributed by atoms with E-state index in [1.807, 2.05) is 0 Å². The Hall–Kier alpha value is -2.80. The molecule has 0 aliphatic rings. The molecular weight excluding hydrogens is 312 g/mol. The third-order valence-electron chi connectivity index (χ3n) is 2.61. The largest absolute Gasteiger partial charge is 0.495 e. The maximum atomic E-state index is 11.8. The van der Waals surface area contributed by atoms with Crippen LogP contribution in [0.1, 0.15) is 5.76 Å². The molecule has 0 saturated carbocycles. The lowest BCUT2D eigenvalue weighted by atomic mass is 10.3. The van der Waals surface area contributed by atoms with Gasteiger partial charge in [0.1, 0.15) is 16.4 Å². The smallest absolute Gasteiger partial charge is 0.433 e. The second kappa shape index (κ2) is 6.77. The number of nitrogens with one attached hydrogen (secondary N) is 1. The number of carbonyl (C=O) groups is 1. The summed E-state index contributed by atoms with van der Waals surface area (Å²) in [6, 6.07) is 7.40. The Kier molecular flexibility index (Phi) is 4.80. The lowest BCUT2D eigenvalue weighted by Gasteiger charge is -2.08. The van der Waals surface area contributed by atoms with E-state index < -0.39 is 16.7 Å². The van der Waals surface area contributed by atoms with Crippen LogP contribution in [-0.4, -0.2) is 17.9 Å². The van der Waals surface area contributed by atoms with Gasteiger partial charge in [-0.25, -0.2) is 0 Å². The van der Waals surface area contributed by atoms with Crippen molar-refractivity contribution in [3.63, 3.8) is 0 Å². The first-order valence-corrected chi connectivity index (χ1v) is 6.44. The van der Waals surface area contributed by atoms with Gasteiger partial charge in [0.2, 0.25) is 5.91 Å². The molecule has 2 aromatic rings. The summed E-state index contributed by atoms with van der Waals surface area (Å²) in [4.78, 5) is 21.7. The minimum Gasteiger partial charge on any atom is -0.495 e. The van der Waals surface area contributed by atoms with Crippen molar-refractivity contribution in [1.82, 2.24) is 0 Å². The number of methoxy groups -OCH3 is 1. The van der Waals surface area contributed by atoms with Gasteiger partial charge in [0.05, 0.1) is 18.9 Å². The fraction of sp³-hybridized carbons (Fsp3) is 0.0714. The summed E-state index contributed by atoms with van der Waals surface area (Å²) in [5.74, 6) is -0.198. The molecule has 0 aliphatic carbocycles. The summed E-state index contributed by atoms with van der Waals surface area (Å²) in [5, 5.41) is 13.5. The van der Waals surface area contributed by atoms with E-state index in [-0.39, 0.29) is 5.76 Å². The Morgan fingerprint density at radius 3 is 2.82 bits per heavy atom. The van der Waals surface area contributed by atoms with Crippen molar-refractivity contribution in [3.8, 4) is 5.75 Å². The van der Waals surface area contributed by atoms with Crippen LogP contribution in [-0.2, 0) is 4.79 Å². The highest BCUT2D eigenvalue weighted by Gasteiger charge is 2.10. The molecule has 114 valence electrons. The zero-order valence-corrected chi connectivity index (χ0v) is 12.2. The number of furan rings is 1. The van der Waals surface area contributed by atoms with Gasteiger partial charge in [-0.05, 0) is 30.3 Å². The van der Waals surface area contributed by atoms with Gasteiger partial charge in [-0.2, -0.15) is 0 Å². The van der Waals surface area contributed by atoms with Crippen LogP contribution in [0.15, 0.2) is 40.8 Å². The number of anilines is 1. The zero-order chi connectivity index (χ0) is 16.1. The van der Waals surface area contributed by atoms with E-state index in [4.69, 9.17) is 20.8 Å². The van der Waals surface area contributed by atoms with E-state index in [9.17, 15) is 14.9 Å². The molecule has 0 fully saturated rings. The Labute approximate surface area is 130 Å². The average molecular weight is 323 g/mol. The number of rotatable bonds is 5. The summed E-state index contributed by atoms with van der Waals surface area (Å²) < 4.78 is 10.0. The molecule has 1 N–H and O–H groups in total. The quantitative estimate of drug-likeness (QED) is 0.516. The summed E-state index contributed by atoms with van der Waals surface area (Å²) in [6.07, 6.45) is 2.50. The third kappa shape index (κ3) is 3.86. The van der Waals surface area contributed by atoms with Crippen molar-refractivity contribution >= 4 is 35.2 Å². The first-order chi connectivity index (χ1) is 10.5. The van der Waals surface area contributed by atoms with E-state index >= 15 is 0 Å². The van der Waals surface area contributed by atoms with Gasteiger partial charge in [-0.3, -0.25) is 14.9 Å². The van der Waals surface area contributed by atoms with Crippen molar-refractivity contribution in [3.05, 3.63) is 57.3 Å². The summed E-state index contributed by atoms with van der Waals surface area (Å²) >= 11 is 5.86. The van der Waals surface area contributed by atoms with Crippen molar-refractivity contribution in [1.29, 1.82) is 0 Å². The Morgan fingerprint density at radius 1 is 1.41 bits per heavy atom. The van der Waals surface area contributed by atoms with Gasteiger partial charge < -0.3 is 14.5 Å². The SMILES string of the molecule is COc1ccc(Cl)cc1NC(=O)C=Cc1ccc([N+](=O)[O-])o1. The maximum Gasteiger partial charge on any atom is 0.433 e. The molecule has 1 aromatic carbocycles. The maximum absolute atomic E-state index is 11.8. The first-order valence-electron chi connectivity index (χ1n) is 6.06. The molecule has 1 amide bonds. The molecule has 0 unspecified atom stereocenters.